The fourth-order valence-electron chi connectivity index (χ4n) is 2.92. The maximum absolute atomic E-state index is 6.20. The lowest BCUT2D eigenvalue weighted by Gasteiger charge is -2.22. The molecule has 0 radical (unpaired) electrons. The summed E-state index contributed by atoms with van der Waals surface area (Å²) in [6, 6.07) is 4.02. The van der Waals surface area contributed by atoms with Gasteiger partial charge in [-0.3, -0.25) is 0 Å². The highest BCUT2D eigenvalue weighted by Gasteiger charge is 2.43. The molecular formula is C13H15BrO2. The molecule has 1 fully saturated rings. The summed E-state index contributed by atoms with van der Waals surface area (Å²) in [4.78, 5) is 0. The van der Waals surface area contributed by atoms with Crippen LogP contribution >= 0.6 is 15.9 Å². The fraction of sp³-hybridized carbons (Fsp3) is 0.538. The molecule has 1 aliphatic heterocycles. The summed E-state index contributed by atoms with van der Waals surface area (Å²) in [7, 11) is 1.73. The van der Waals surface area contributed by atoms with Crippen LogP contribution in [0.4, 0.5) is 0 Å². The lowest BCUT2D eigenvalue weighted by atomic mass is 9.95. The number of hydrogen-bond donors (Lipinski definition) is 0. The predicted octanol–water partition coefficient (Wildman–Crippen LogP) is 3.71. The molecule has 2 nitrogen and oxygen atoms in total. The molecule has 1 heterocycles. The molecule has 0 bridgehead atoms. The van der Waals surface area contributed by atoms with Crippen molar-refractivity contribution in [2.24, 2.45) is 0 Å². The molecule has 1 aromatic carbocycles. The van der Waals surface area contributed by atoms with Crippen molar-refractivity contribution < 1.29 is 9.47 Å². The van der Waals surface area contributed by atoms with Gasteiger partial charge in [0.05, 0.1) is 11.6 Å². The van der Waals surface area contributed by atoms with Crippen LogP contribution in [0.25, 0.3) is 0 Å². The molecule has 0 N–H and O–H groups in total. The molecular weight excluding hydrogens is 268 g/mol. The molecule has 0 amide bonds. The molecule has 1 saturated carbocycles. The van der Waals surface area contributed by atoms with Crippen molar-refractivity contribution in [3.8, 4) is 11.5 Å². The normalized spacial score (nSPS) is 20.9. The first-order chi connectivity index (χ1) is 7.74. The van der Waals surface area contributed by atoms with Gasteiger partial charge in [0, 0.05) is 12.0 Å². The minimum absolute atomic E-state index is 0.0689. The van der Waals surface area contributed by atoms with Crippen LogP contribution in [0.5, 0.6) is 11.5 Å². The highest BCUT2D eigenvalue weighted by atomic mass is 79.9. The van der Waals surface area contributed by atoms with E-state index >= 15 is 0 Å². The van der Waals surface area contributed by atoms with Gasteiger partial charge < -0.3 is 9.47 Å². The van der Waals surface area contributed by atoms with E-state index in [0.717, 1.165) is 22.4 Å². The molecule has 3 rings (SSSR count). The van der Waals surface area contributed by atoms with Gasteiger partial charge in [0.1, 0.15) is 17.1 Å². The Labute approximate surface area is 104 Å². The topological polar surface area (TPSA) is 18.5 Å². The molecule has 2 aliphatic rings. The Kier molecular flexibility index (Phi) is 2.39. The molecule has 16 heavy (non-hydrogen) atoms. The standard InChI is InChI=1S/C13H15BrO2/c1-15-11-5-4-10(14)12-9(11)8-13(16-12)6-2-3-7-13/h4-5H,2-3,6-8H2,1H3. The maximum atomic E-state index is 6.20. The Balaban J connectivity index is 2.04. The van der Waals surface area contributed by atoms with Crippen molar-refractivity contribution in [2.75, 3.05) is 7.11 Å². The maximum Gasteiger partial charge on any atom is 0.141 e. The van der Waals surface area contributed by atoms with Gasteiger partial charge in [-0.2, -0.15) is 0 Å². The first-order valence-corrected chi connectivity index (χ1v) is 6.58. The molecule has 1 aliphatic carbocycles. The molecule has 86 valence electrons. The fourth-order valence-corrected chi connectivity index (χ4v) is 3.38. The lowest BCUT2D eigenvalue weighted by molar-refractivity contribution is 0.102. The average molecular weight is 283 g/mol. The number of benzene rings is 1. The molecule has 1 spiro atoms. The molecule has 0 saturated heterocycles. The summed E-state index contributed by atoms with van der Waals surface area (Å²) in [6.07, 6.45) is 5.93. The van der Waals surface area contributed by atoms with E-state index in [4.69, 9.17) is 9.47 Å². The van der Waals surface area contributed by atoms with Crippen LogP contribution in [-0.2, 0) is 6.42 Å². The van der Waals surface area contributed by atoms with Gasteiger partial charge in [-0.25, -0.2) is 0 Å². The van der Waals surface area contributed by atoms with Crippen molar-refractivity contribution >= 4 is 15.9 Å². The van der Waals surface area contributed by atoms with Crippen molar-refractivity contribution in [1.29, 1.82) is 0 Å². The van der Waals surface area contributed by atoms with Crippen LogP contribution in [-0.4, -0.2) is 12.7 Å². The van der Waals surface area contributed by atoms with Crippen LogP contribution in [0.15, 0.2) is 16.6 Å². The van der Waals surface area contributed by atoms with Gasteiger partial charge in [0.15, 0.2) is 0 Å². The highest BCUT2D eigenvalue weighted by Crippen LogP contribution is 2.50. The summed E-state index contributed by atoms with van der Waals surface area (Å²) in [5.41, 5.74) is 1.30. The SMILES string of the molecule is COc1ccc(Br)c2c1CC1(CCCC1)O2. The van der Waals surface area contributed by atoms with Gasteiger partial charge >= 0.3 is 0 Å². The van der Waals surface area contributed by atoms with E-state index in [0.29, 0.717) is 0 Å². The van der Waals surface area contributed by atoms with Gasteiger partial charge in [0.25, 0.3) is 0 Å². The van der Waals surface area contributed by atoms with Crippen molar-refractivity contribution in [3.05, 3.63) is 22.2 Å². The van der Waals surface area contributed by atoms with E-state index in [-0.39, 0.29) is 5.60 Å². The van der Waals surface area contributed by atoms with E-state index in [2.05, 4.69) is 15.9 Å². The zero-order chi connectivity index (χ0) is 11.2. The molecule has 0 aromatic heterocycles. The summed E-state index contributed by atoms with van der Waals surface area (Å²) < 4.78 is 12.7. The second kappa shape index (κ2) is 3.66. The monoisotopic (exact) mass is 282 g/mol. The Morgan fingerprint density at radius 2 is 2.06 bits per heavy atom. The average Bonchev–Trinajstić information content (AvgIpc) is 2.88. The summed E-state index contributed by atoms with van der Waals surface area (Å²) in [5.74, 6) is 1.96. The first kappa shape index (κ1) is 10.5. The highest BCUT2D eigenvalue weighted by molar-refractivity contribution is 9.10. The number of halogens is 1. The Hall–Kier alpha value is -0.700. The van der Waals surface area contributed by atoms with E-state index in [1.54, 1.807) is 7.11 Å². The molecule has 3 heteroatoms. The first-order valence-electron chi connectivity index (χ1n) is 5.78. The third-order valence-electron chi connectivity index (χ3n) is 3.72. The second-order valence-electron chi connectivity index (χ2n) is 4.73. The van der Waals surface area contributed by atoms with E-state index in [1.807, 2.05) is 12.1 Å². The van der Waals surface area contributed by atoms with Crippen molar-refractivity contribution in [2.45, 2.75) is 37.7 Å². The zero-order valence-corrected chi connectivity index (χ0v) is 11.0. The number of fused-ring (bicyclic) bond motifs is 1. The quantitative estimate of drug-likeness (QED) is 0.782. The number of methoxy groups -OCH3 is 1. The second-order valence-corrected chi connectivity index (χ2v) is 5.58. The van der Waals surface area contributed by atoms with Gasteiger partial charge in [-0.1, -0.05) is 0 Å². The lowest BCUT2D eigenvalue weighted by Crippen LogP contribution is -2.30. The van der Waals surface area contributed by atoms with Crippen LogP contribution in [0.2, 0.25) is 0 Å². The smallest absolute Gasteiger partial charge is 0.141 e. The summed E-state index contributed by atoms with van der Waals surface area (Å²) in [6.45, 7) is 0. The van der Waals surface area contributed by atoms with Crippen molar-refractivity contribution in [3.63, 3.8) is 0 Å². The number of hydrogen-bond acceptors (Lipinski definition) is 2. The largest absolute Gasteiger partial charge is 0.496 e. The van der Waals surface area contributed by atoms with Crippen LogP contribution in [0.3, 0.4) is 0 Å². The van der Waals surface area contributed by atoms with E-state index in [1.165, 1.54) is 31.2 Å². The zero-order valence-electron chi connectivity index (χ0n) is 9.38. The molecule has 0 unspecified atom stereocenters. The van der Waals surface area contributed by atoms with Crippen LogP contribution in [0.1, 0.15) is 31.2 Å². The Morgan fingerprint density at radius 1 is 1.31 bits per heavy atom. The minimum atomic E-state index is 0.0689. The van der Waals surface area contributed by atoms with Gasteiger partial charge in [-0.15, -0.1) is 0 Å². The Morgan fingerprint density at radius 3 is 2.75 bits per heavy atom. The molecule has 1 aromatic rings. The van der Waals surface area contributed by atoms with Crippen LogP contribution in [0, 0.1) is 0 Å². The summed E-state index contributed by atoms with van der Waals surface area (Å²) in [5, 5.41) is 0. The molecule has 0 atom stereocenters. The Bertz CT molecular complexity index is 422. The van der Waals surface area contributed by atoms with Crippen LogP contribution < -0.4 is 9.47 Å². The minimum Gasteiger partial charge on any atom is -0.496 e. The van der Waals surface area contributed by atoms with Gasteiger partial charge in [0.2, 0.25) is 0 Å². The predicted molar refractivity (Wildman–Crippen MR) is 66.2 cm³/mol. The number of rotatable bonds is 1. The van der Waals surface area contributed by atoms with E-state index < -0.39 is 0 Å². The van der Waals surface area contributed by atoms with E-state index in [9.17, 15) is 0 Å². The third kappa shape index (κ3) is 1.45. The summed E-state index contributed by atoms with van der Waals surface area (Å²) >= 11 is 3.56. The third-order valence-corrected chi connectivity index (χ3v) is 4.35. The van der Waals surface area contributed by atoms with Gasteiger partial charge in [-0.05, 0) is 53.7 Å². The van der Waals surface area contributed by atoms with Crippen molar-refractivity contribution in [1.82, 2.24) is 0 Å². The number of ether oxygens (including phenoxy) is 2.